The molecule has 0 aliphatic carbocycles. The lowest BCUT2D eigenvalue weighted by Gasteiger charge is -2.37. The number of nitrogens with zero attached hydrogens (tertiary/aromatic N) is 2. The van der Waals surface area contributed by atoms with Crippen LogP contribution in [0, 0.1) is 11.8 Å². The zero-order chi connectivity index (χ0) is 28.0. The number of alkyl halides is 3. The lowest BCUT2D eigenvalue weighted by molar-refractivity contribution is -0.146. The summed E-state index contributed by atoms with van der Waals surface area (Å²) in [6.45, 7) is 2.01. The smallest absolute Gasteiger partial charge is 0.416 e. The second-order valence-corrected chi connectivity index (χ2v) is 10.3. The topological polar surface area (TPSA) is 82.9 Å². The molecule has 39 heavy (non-hydrogen) atoms. The number of benzene rings is 2. The third kappa shape index (κ3) is 7.48. The maximum absolute atomic E-state index is 12.7. The first-order chi connectivity index (χ1) is 18.7. The Morgan fingerprint density at radius 1 is 1.15 bits per heavy atom. The summed E-state index contributed by atoms with van der Waals surface area (Å²) >= 11 is 0. The van der Waals surface area contributed by atoms with E-state index in [9.17, 15) is 28.2 Å². The fourth-order valence-corrected chi connectivity index (χ4v) is 5.51. The van der Waals surface area contributed by atoms with E-state index in [2.05, 4.69) is 9.88 Å². The number of carboxylic acids is 1. The number of hydrogen-bond donors (Lipinski definition) is 2. The van der Waals surface area contributed by atoms with E-state index >= 15 is 0 Å². The van der Waals surface area contributed by atoms with Crippen molar-refractivity contribution in [1.29, 1.82) is 0 Å². The van der Waals surface area contributed by atoms with Crippen molar-refractivity contribution in [1.82, 2.24) is 9.88 Å². The Labute approximate surface area is 226 Å². The number of halogens is 3. The van der Waals surface area contributed by atoms with E-state index in [0.29, 0.717) is 31.6 Å². The van der Waals surface area contributed by atoms with Gasteiger partial charge in [0, 0.05) is 18.1 Å². The number of pyridine rings is 1. The molecule has 210 valence electrons. The molecule has 0 bridgehead atoms. The average Bonchev–Trinajstić information content (AvgIpc) is 2.93. The Hall–Kier alpha value is -3.17. The summed E-state index contributed by atoms with van der Waals surface area (Å²) in [7, 11) is 1.59. The van der Waals surface area contributed by atoms with Gasteiger partial charge in [-0.15, -0.1) is 0 Å². The number of aryl methyl sites for hydroxylation is 1. The highest BCUT2D eigenvalue weighted by Gasteiger charge is 2.34. The molecule has 2 heterocycles. The van der Waals surface area contributed by atoms with Gasteiger partial charge in [-0.2, -0.15) is 13.2 Å². The highest BCUT2D eigenvalue weighted by molar-refractivity contribution is 5.83. The summed E-state index contributed by atoms with van der Waals surface area (Å²) < 4.78 is 43.5. The number of fused-ring (bicyclic) bond motifs is 1. The number of methoxy groups -OCH3 is 1. The standard InChI is InChI=1S/C30H35F3N2O4/c1-39-23-10-11-27-25(18-23)24(13-15-34-27)28(36)12-7-21-14-17-35(19-26(21)29(37)38)16-3-2-4-20-5-8-22(9-6-20)30(31,32)33/h5-6,8-11,13,15,18,21,26,28,36H,2-4,7,12,14,16-17,19H2,1H3,(H,37,38)/t21-,26+,28+/m1/s1. The highest BCUT2D eigenvalue weighted by Crippen LogP contribution is 2.34. The second-order valence-electron chi connectivity index (χ2n) is 10.3. The van der Waals surface area contributed by atoms with Crippen LogP contribution in [0.4, 0.5) is 13.2 Å². The first-order valence-corrected chi connectivity index (χ1v) is 13.4. The number of aliphatic hydroxyl groups excluding tert-OH is 1. The molecule has 6 nitrogen and oxygen atoms in total. The highest BCUT2D eigenvalue weighted by atomic mass is 19.4. The molecule has 0 unspecified atom stereocenters. The largest absolute Gasteiger partial charge is 0.497 e. The Morgan fingerprint density at radius 3 is 2.62 bits per heavy atom. The van der Waals surface area contributed by atoms with Gasteiger partial charge in [0.05, 0.1) is 30.2 Å². The maximum atomic E-state index is 12.7. The molecular weight excluding hydrogens is 509 g/mol. The molecule has 9 heteroatoms. The third-order valence-electron chi connectivity index (χ3n) is 7.78. The molecule has 2 N–H and O–H groups in total. The molecule has 0 amide bonds. The van der Waals surface area contributed by atoms with Gasteiger partial charge < -0.3 is 19.8 Å². The number of carbonyl (C=O) groups is 1. The van der Waals surface area contributed by atoms with E-state index in [0.717, 1.165) is 66.5 Å². The fourth-order valence-electron chi connectivity index (χ4n) is 5.51. The molecule has 1 fully saturated rings. The third-order valence-corrected chi connectivity index (χ3v) is 7.78. The number of likely N-dealkylation sites (tertiary alicyclic amines) is 1. The van der Waals surface area contributed by atoms with E-state index in [4.69, 9.17) is 4.74 Å². The number of hydrogen-bond acceptors (Lipinski definition) is 5. The molecular formula is C30H35F3N2O4. The lowest BCUT2D eigenvalue weighted by atomic mass is 9.81. The van der Waals surface area contributed by atoms with Crippen LogP contribution in [-0.2, 0) is 17.4 Å². The summed E-state index contributed by atoms with van der Waals surface area (Å²) in [6.07, 6.45) is 0.757. The number of aliphatic carboxylic acids is 1. The minimum Gasteiger partial charge on any atom is -0.497 e. The summed E-state index contributed by atoms with van der Waals surface area (Å²) in [5, 5.41) is 21.7. The van der Waals surface area contributed by atoms with Crippen molar-refractivity contribution in [3.8, 4) is 5.75 Å². The average molecular weight is 545 g/mol. The van der Waals surface area contributed by atoms with Crippen LogP contribution in [0.2, 0.25) is 0 Å². The number of unbranched alkanes of at least 4 members (excludes halogenated alkanes) is 1. The van der Waals surface area contributed by atoms with Gasteiger partial charge in [-0.05, 0) is 105 Å². The minimum atomic E-state index is -4.33. The SMILES string of the molecule is COc1ccc2nccc([C@@H](O)CC[C@@H]3CCN(CCCCc4ccc(C(F)(F)F)cc4)C[C@@H]3C(=O)O)c2c1. The lowest BCUT2D eigenvalue weighted by Crippen LogP contribution is -2.44. The van der Waals surface area contributed by atoms with Crippen LogP contribution in [-0.4, -0.2) is 52.8 Å². The summed E-state index contributed by atoms with van der Waals surface area (Å²) in [4.78, 5) is 18.6. The molecule has 1 aliphatic heterocycles. The van der Waals surface area contributed by atoms with Gasteiger partial charge in [0.2, 0.25) is 0 Å². The van der Waals surface area contributed by atoms with Gasteiger partial charge >= 0.3 is 12.1 Å². The number of piperidine rings is 1. The Bertz CT molecular complexity index is 1250. The molecule has 0 saturated carbocycles. The molecule has 4 rings (SSSR count). The molecule has 2 aromatic carbocycles. The fraction of sp³-hybridized carbons (Fsp3) is 0.467. The summed E-state index contributed by atoms with van der Waals surface area (Å²) in [6, 6.07) is 12.6. The summed E-state index contributed by atoms with van der Waals surface area (Å²) in [5.41, 5.74) is 1.75. The van der Waals surface area contributed by atoms with E-state index in [1.807, 2.05) is 18.2 Å². The van der Waals surface area contributed by atoms with E-state index in [1.54, 1.807) is 19.4 Å². The number of rotatable bonds is 11. The van der Waals surface area contributed by atoms with Gasteiger partial charge in [0.15, 0.2) is 0 Å². The Morgan fingerprint density at radius 2 is 1.92 bits per heavy atom. The van der Waals surface area contributed by atoms with Crippen LogP contribution in [0.15, 0.2) is 54.7 Å². The first kappa shape index (κ1) is 28.8. The minimum absolute atomic E-state index is 0.0248. The predicted molar refractivity (Wildman–Crippen MR) is 143 cm³/mol. The zero-order valence-electron chi connectivity index (χ0n) is 22.0. The van der Waals surface area contributed by atoms with Crippen molar-refractivity contribution in [2.45, 2.75) is 50.8 Å². The van der Waals surface area contributed by atoms with Gasteiger partial charge in [0.25, 0.3) is 0 Å². The van der Waals surface area contributed by atoms with Crippen molar-refractivity contribution in [3.05, 3.63) is 71.4 Å². The first-order valence-electron chi connectivity index (χ1n) is 13.4. The van der Waals surface area contributed by atoms with Gasteiger partial charge in [0.1, 0.15) is 5.75 Å². The van der Waals surface area contributed by atoms with Crippen molar-refractivity contribution in [2.75, 3.05) is 26.7 Å². The van der Waals surface area contributed by atoms with Crippen LogP contribution < -0.4 is 4.74 Å². The Balaban J connectivity index is 1.26. The summed E-state index contributed by atoms with van der Waals surface area (Å²) in [5.74, 6) is -0.664. The van der Waals surface area contributed by atoms with Crippen LogP contribution >= 0.6 is 0 Å². The molecule has 1 aromatic heterocycles. The molecule has 0 spiro atoms. The van der Waals surface area contributed by atoms with Crippen molar-refractivity contribution >= 4 is 16.9 Å². The van der Waals surface area contributed by atoms with Crippen LogP contribution in [0.5, 0.6) is 5.75 Å². The van der Waals surface area contributed by atoms with E-state index < -0.39 is 29.7 Å². The van der Waals surface area contributed by atoms with E-state index in [1.165, 1.54) is 12.1 Å². The van der Waals surface area contributed by atoms with Crippen molar-refractivity contribution < 1.29 is 32.9 Å². The number of aliphatic hydroxyl groups is 1. The molecule has 3 atom stereocenters. The number of aromatic nitrogens is 1. The molecule has 1 aliphatic rings. The Kier molecular flexibility index (Phi) is 9.45. The predicted octanol–water partition coefficient (Wildman–Crippen LogP) is 6.12. The maximum Gasteiger partial charge on any atom is 0.416 e. The van der Waals surface area contributed by atoms with Gasteiger partial charge in [-0.3, -0.25) is 9.78 Å². The number of ether oxygens (including phenoxy) is 1. The van der Waals surface area contributed by atoms with Crippen LogP contribution in [0.25, 0.3) is 10.9 Å². The second kappa shape index (κ2) is 12.8. The molecule has 3 aromatic rings. The van der Waals surface area contributed by atoms with Gasteiger partial charge in [-0.1, -0.05) is 12.1 Å². The molecule has 0 radical (unpaired) electrons. The van der Waals surface area contributed by atoms with Gasteiger partial charge in [-0.25, -0.2) is 0 Å². The quantitative estimate of drug-likeness (QED) is 0.283. The monoisotopic (exact) mass is 544 g/mol. The van der Waals surface area contributed by atoms with Crippen molar-refractivity contribution in [2.24, 2.45) is 11.8 Å². The van der Waals surface area contributed by atoms with Crippen LogP contribution in [0.3, 0.4) is 0 Å². The number of carboxylic acid groups (broad SMARTS) is 1. The van der Waals surface area contributed by atoms with E-state index in [-0.39, 0.29) is 5.92 Å². The normalized spacial score (nSPS) is 19.2. The molecule has 1 saturated heterocycles. The van der Waals surface area contributed by atoms with Crippen LogP contribution in [0.1, 0.15) is 54.9 Å². The van der Waals surface area contributed by atoms with Crippen molar-refractivity contribution in [3.63, 3.8) is 0 Å². The zero-order valence-corrected chi connectivity index (χ0v) is 22.0.